The SMILES string of the molecule is C=CCN(CC(=O)O)Cc1csc(-c2ccsc2)n1. The molecule has 19 heavy (non-hydrogen) atoms. The van der Waals surface area contributed by atoms with E-state index in [-0.39, 0.29) is 6.54 Å². The molecular weight excluding hydrogens is 280 g/mol. The molecule has 0 atom stereocenters. The van der Waals surface area contributed by atoms with Crippen molar-refractivity contribution in [3.05, 3.63) is 40.6 Å². The van der Waals surface area contributed by atoms with E-state index in [0.29, 0.717) is 13.1 Å². The van der Waals surface area contributed by atoms with Gasteiger partial charge in [-0.15, -0.1) is 17.9 Å². The third-order valence-electron chi connectivity index (χ3n) is 2.45. The minimum absolute atomic E-state index is 0.00265. The van der Waals surface area contributed by atoms with E-state index in [0.717, 1.165) is 16.3 Å². The first-order valence-corrected chi connectivity index (χ1v) is 7.53. The van der Waals surface area contributed by atoms with E-state index >= 15 is 0 Å². The smallest absolute Gasteiger partial charge is 0.317 e. The van der Waals surface area contributed by atoms with E-state index in [1.165, 1.54) is 0 Å². The van der Waals surface area contributed by atoms with Gasteiger partial charge in [0.2, 0.25) is 0 Å². The van der Waals surface area contributed by atoms with E-state index in [9.17, 15) is 4.79 Å². The van der Waals surface area contributed by atoms with Gasteiger partial charge in [0, 0.05) is 29.4 Å². The summed E-state index contributed by atoms with van der Waals surface area (Å²) in [4.78, 5) is 17.1. The fraction of sp³-hybridized carbons (Fsp3) is 0.231. The Morgan fingerprint density at radius 2 is 2.37 bits per heavy atom. The zero-order chi connectivity index (χ0) is 13.7. The molecule has 0 saturated carbocycles. The first-order valence-electron chi connectivity index (χ1n) is 5.71. The van der Waals surface area contributed by atoms with Gasteiger partial charge in [0.15, 0.2) is 0 Å². The molecule has 2 heterocycles. The predicted octanol–water partition coefficient (Wildman–Crippen LogP) is 2.94. The number of hydrogen-bond acceptors (Lipinski definition) is 5. The molecule has 0 radical (unpaired) electrons. The number of nitrogens with zero attached hydrogens (tertiary/aromatic N) is 2. The standard InChI is InChI=1S/C13H14N2O2S2/c1-2-4-15(7-12(16)17)6-11-9-19-13(14-11)10-3-5-18-8-10/h2-3,5,8-9H,1,4,6-7H2,(H,16,17). The van der Waals surface area contributed by atoms with Crippen molar-refractivity contribution >= 4 is 28.6 Å². The minimum Gasteiger partial charge on any atom is -0.480 e. The Balaban J connectivity index is 2.05. The molecule has 0 amide bonds. The second-order valence-electron chi connectivity index (χ2n) is 4.01. The van der Waals surface area contributed by atoms with Gasteiger partial charge < -0.3 is 5.11 Å². The van der Waals surface area contributed by atoms with Gasteiger partial charge >= 0.3 is 5.97 Å². The molecule has 0 spiro atoms. The Morgan fingerprint density at radius 3 is 3.00 bits per heavy atom. The van der Waals surface area contributed by atoms with Crippen LogP contribution in [0, 0.1) is 0 Å². The molecule has 6 heteroatoms. The number of rotatable bonds is 7. The van der Waals surface area contributed by atoms with Crippen LogP contribution < -0.4 is 0 Å². The summed E-state index contributed by atoms with van der Waals surface area (Å²) in [6.45, 7) is 4.71. The molecule has 0 bridgehead atoms. The molecule has 0 aliphatic carbocycles. The lowest BCUT2D eigenvalue weighted by atomic mass is 10.3. The van der Waals surface area contributed by atoms with Crippen LogP contribution in [0.1, 0.15) is 5.69 Å². The molecule has 2 aromatic heterocycles. The van der Waals surface area contributed by atoms with Crippen molar-refractivity contribution in [3.8, 4) is 10.6 Å². The monoisotopic (exact) mass is 294 g/mol. The van der Waals surface area contributed by atoms with Crippen LogP contribution in [0.25, 0.3) is 10.6 Å². The van der Waals surface area contributed by atoms with Gasteiger partial charge in [-0.25, -0.2) is 4.98 Å². The number of hydrogen-bond donors (Lipinski definition) is 1. The number of thiophene rings is 1. The maximum Gasteiger partial charge on any atom is 0.317 e. The van der Waals surface area contributed by atoms with E-state index in [1.54, 1.807) is 33.6 Å². The van der Waals surface area contributed by atoms with Gasteiger partial charge in [0.25, 0.3) is 0 Å². The maximum atomic E-state index is 10.8. The van der Waals surface area contributed by atoms with Gasteiger partial charge in [-0.05, 0) is 11.4 Å². The highest BCUT2D eigenvalue weighted by Gasteiger charge is 2.12. The number of carboxylic acids is 1. The Bertz CT molecular complexity index is 549. The molecule has 4 nitrogen and oxygen atoms in total. The van der Waals surface area contributed by atoms with Crippen molar-refractivity contribution in [1.82, 2.24) is 9.88 Å². The third kappa shape index (κ3) is 3.99. The van der Waals surface area contributed by atoms with Gasteiger partial charge in [-0.2, -0.15) is 11.3 Å². The van der Waals surface area contributed by atoms with Crippen molar-refractivity contribution in [3.63, 3.8) is 0 Å². The zero-order valence-electron chi connectivity index (χ0n) is 10.3. The first-order chi connectivity index (χ1) is 9.19. The fourth-order valence-electron chi connectivity index (χ4n) is 1.69. The highest BCUT2D eigenvalue weighted by molar-refractivity contribution is 7.14. The van der Waals surface area contributed by atoms with Crippen molar-refractivity contribution in [1.29, 1.82) is 0 Å². The van der Waals surface area contributed by atoms with E-state index in [4.69, 9.17) is 5.11 Å². The number of carbonyl (C=O) groups is 1. The third-order valence-corrected chi connectivity index (χ3v) is 4.08. The molecule has 0 unspecified atom stereocenters. The Kier molecular flexibility index (Phi) is 4.84. The zero-order valence-corrected chi connectivity index (χ0v) is 11.9. The molecule has 0 aliphatic heterocycles. The molecule has 0 aliphatic rings. The lowest BCUT2D eigenvalue weighted by molar-refractivity contribution is -0.138. The number of thiazole rings is 1. The minimum atomic E-state index is -0.838. The van der Waals surface area contributed by atoms with Crippen LogP contribution in [-0.2, 0) is 11.3 Å². The summed E-state index contributed by atoms with van der Waals surface area (Å²) < 4.78 is 0. The van der Waals surface area contributed by atoms with Gasteiger partial charge in [-0.3, -0.25) is 9.69 Å². The van der Waals surface area contributed by atoms with Gasteiger partial charge in [-0.1, -0.05) is 6.08 Å². The summed E-state index contributed by atoms with van der Waals surface area (Å²) in [5.74, 6) is -0.838. The van der Waals surface area contributed by atoms with Crippen molar-refractivity contribution in [2.45, 2.75) is 6.54 Å². The van der Waals surface area contributed by atoms with Crippen LogP contribution in [0.5, 0.6) is 0 Å². The van der Waals surface area contributed by atoms with Crippen LogP contribution >= 0.6 is 22.7 Å². The van der Waals surface area contributed by atoms with Crippen LogP contribution in [0.4, 0.5) is 0 Å². The van der Waals surface area contributed by atoms with Crippen LogP contribution in [-0.4, -0.2) is 34.0 Å². The summed E-state index contributed by atoms with van der Waals surface area (Å²) in [5, 5.41) is 15.9. The molecule has 2 rings (SSSR count). The summed E-state index contributed by atoms with van der Waals surface area (Å²) in [7, 11) is 0. The average molecular weight is 294 g/mol. The molecule has 0 saturated heterocycles. The molecule has 2 aromatic rings. The maximum absolute atomic E-state index is 10.8. The van der Waals surface area contributed by atoms with E-state index in [2.05, 4.69) is 16.9 Å². The predicted molar refractivity (Wildman–Crippen MR) is 78.5 cm³/mol. The Morgan fingerprint density at radius 1 is 1.53 bits per heavy atom. The highest BCUT2D eigenvalue weighted by Crippen LogP contribution is 2.26. The van der Waals surface area contributed by atoms with Crippen molar-refractivity contribution < 1.29 is 9.90 Å². The summed E-state index contributed by atoms with van der Waals surface area (Å²) in [6, 6.07) is 2.03. The van der Waals surface area contributed by atoms with Gasteiger partial charge in [0.05, 0.1) is 12.2 Å². The highest BCUT2D eigenvalue weighted by atomic mass is 32.1. The van der Waals surface area contributed by atoms with E-state index < -0.39 is 5.97 Å². The summed E-state index contributed by atoms with van der Waals surface area (Å²) in [6.07, 6.45) is 1.70. The molecule has 1 N–H and O–H groups in total. The summed E-state index contributed by atoms with van der Waals surface area (Å²) >= 11 is 3.22. The van der Waals surface area contributed by atoms with Crippen LogP contribution in [0.2, 0.25) is 0 Å². The Labute approximate surface area is 119 Å². The fourth-order valence-corrected chi connectivity index (χ4v) is 3.21. The molecule has 100 valence electrons. The Hall–Kier alpha value is -1.50. The lowest BCUT2D eigenvalue weighted by Crippen LogP contribution is -2.29. The van der Waals surface area contributed by atoms with Crippen LogP contribution in [0.3, 0.4) is 0 Å². The van der Waals surface area contributed by atoms with Crippen molar-refractivity contribution in [2.24, 2.45) is 0 Å². The topological polar surface area (TPSA) is 53.4 Å². The molecule has 0 fully saturated rings. The molecular formula is C13H14N2O2S2. The summed E-state index contributed by atoms with van der Waals surface area (Å²) in [5.41, 5.74) is 2.02. The van der Waals surface area contributed by atoms with Crippen molar-refractivity contribution in [2.75, 3.05) is 13.1 Å². The quantitative estimate of drug-likeness (QED) is 0.798. The number of aliphatic carboxylic acids is 1. The normalized spacial score (nSPS) is 10.8. The van der Waals surface area contributed by atoms with Crippen LogP contribution in [0.15, 0.2) is 34.9 Å². The second-order valence-corrected chi connectivity index (χ2v) is 5.65. The lowest BCUT2D eigenvalue weighted by Gasteiger charge is -2.16. The number of aromatic nitrogens is 1. The second kappa shape index (κ2) is 6.60. The average Bonchev–Trinajstić information content (AvgIpc) is 2.97. The largest absolute Gasteiger partial charge is 0.480 e. The van der Waals surface area contributed by atoms with Gasteiger partial charge in [0.1, 0.15) is 5.01 Å². The van der Waals surface area contributed by atoms with E-state index in [1.807, 2.05) is 16.8 Å². The number of carboxylic acid groups (broad SMARTS) is 1. The first kappa shape index (κ1) is 13.9. The molecule has 0 aromatic carbocycles.